The lowest BCUT2D eigenvalue weighted by atomic mass is 10.2. The maximum Gasteiger partial charge on any atom is 0.333 e. The van der Waals surface area contributed by atoms with Crippen LogP contribution >= 0.6 is 0 Å². The number of benzene rings is 1. The standard InChI is InChI=1S/C14H21N3O3/c1-2-10-20-13-5-3-4-12(14(13)17(18)19)16-9-8-15-11-6-7-11/h3-5,11,15-16H,2,6-10H2,1H3. The first kappa shape index (κ1) is 14.6. The van der Waals surface area contributed by atoms with E-state index < -0.39 is 0 Å². The maximum absolute atomic E-state index is 11.2. The Morgan fingerprint density at radius 1 is 1.40 bits per heavy atom. The first-order valence-corrected chi connectivity index (χ1v) is 7.09. The molecule has 1 saturated carbocycles. The van der Waals surface area contributed by atoms with Crippen LogP contribution in [0.1, 0.15) is 26.2 Å². The van der Waals surface area contributed by atoms with Crippen molar-refractivity contribution >= 4 is 11.4 Å². The van der Waals surface area contributed by atoms with Crippen molar-refractivity contribution in [2.75, 3.05) is 25.0 Å². The number of rotatable bonds is 9. The van der Waals surface area contributed by atoms with E-state index in [0.717, 1.165) is 13.0 Å². The van der Waals surface area contributed by atoms with Gasteiger partial charge < -0.3 is 15.4 Å². The zero-order valence-corrected chi connectivity index (χ0v) is 11.7. The van der Waals surface area contributed by atoms with Crippen molar-refractivity contribution in [1.29, 1.82) is 0 Å². The Labute approximate surface area is 118 Å². The van der Waals surface area contributed by atoms with Crippen LogP contribution in [-0.2, 0) is 0 Å². The van der Waals surface area contributed by atoms with E-state index in [9.17, 15) is 10.1 Å². The smallest absolute Gasteiger partial charge is 0.333 e. The predicted molar refractivity (Wildman–Crippen MR) is 78.4 cm³/mol. The van der Waals surface area contributed by atoms with Crippen molar-refractivity contribution in [3.63, 3.8) is 0 Å². The number of nitro benzene ring substituents is 1. The number of hydrogen-bond donors (Lipinski definition) is 2. The van der Waals surface area contributed by atoms with Gasteiger partial charge in [0.05, 0.1) is 11.5 Å². The lowest BCUT2D eigenvalue weighted by Crippen LogP contribution is -2.24. The molecule has 1 aliphatic rings. The average molecular weight is 279 g/mol. The van der Waals surface area contributed by atoms with Gasteiger partial charge in [-0.3, -0.25) is 10.1 Å². The molecule has 20 heavy (non-hydrogen) atoms. The van der Waals surface area contributed by atoms with E-state index in [1.807, 2.05) is 6.92 Å². The second-order valence-corrected chi connectivity index (χ2v) is 4.91. The van der Waals surface area contributed by atoms with Crippen molar-refractivity contribution < 1.29 is 9.66 Å². The minimum atomic E-state index is -0.387. The molecule has 0 atom stereocenters. The Balaban J connectivity index is 1.99. The molecule has 6 heteroatoms. The quantitative estimate of drug-likeness (QED) is 0.413. The number of nitrogens with one attached hydrogen (secondary N) is 2. The highest BCUT2D eigenvalue weighted by atomic mass is 16.6. The summed E-state index contributed by atoms with van der Waals surface area (Å²) in [5.41, 5.74) is 0.536. The Morgan fingerprint density at radius 2 is 2.20 bits per heavy atom. The average Bonchev–Trinajstić information content (AvgIpc) is 3.25. The summed E-state index contributed by atoms with van der Waals surface area (Å²) in [7, 11) is 0. The fourth-order valence-electron chi connectivity index (χ4n) is 1.94. The predicted octanol–water partition coefficient (Wildman–Crippen LogP) is 2.55. The molecule has 0 bridgehead atoms. The summed E-state index contributed by atoms with van der Waals surface area (Å²) in [6.45, 7) is 3.92. The highest BCUT2D eigenvalue weighted by Gasteiger charge is 2.22. The lowest BCUT2D eigenvalue weighted by Gasteiger charge is -2.11. The van der Waals surface area contributed by atoms with Crippen LogP contribution in [-0.4, -0.2) is 30.7 Å². The third-order valence-electron chi connectivity index (χ3n) is 3.09. The van der Waals surface area contributed by atoms with E-state index >= 15 is 0 Å². The number of nitro groups is 1. The monoisotopic (exact) mass is 279 g/mol. The second-order valence-electron chi connectivity index (χ2n) is 4.91. The molecule has 0 aromatic heterocycles. The Morgan fingerprint density at radius 3 is 2.85 bits per heavy atom. The summed E-state index contributed by atoms with van der Waals surface area (Å²) >= 11 is 0. The molecule has 1 aromatic carbocycles. The van der Waals surface area contributed by atoms with Crippen LogP contribution in [0.5, 0.6) is 5.75 Å². The zero-order valence-electron chi connectivity index (χ0n) is 11.7. The van der Waals surface area contributed by atoms with Gasteiger partial charge in [-0.1, -0.05) is 13.0 Å². The third-order valence-corrected chi connectivity index (χ3v) is 3.09. The number of anilines is 1. The first-order chi connectivity index (χ1) is 9.72. The van der Waals surface area contributed by atoms with Gasteiger partial charge >= 0.3 is 5.69 Å². The van der Waals surface area contributed by atoms with E-state index in [1.54, 1.807) is 18.2 Å². The van der Waals surface area contributed by atoms with Gasteiger partial charge in [0.2, 0.25) is 0 Å². The van der Waals surface area contributed by atoms with Crippen LogP contribution in [0.4, 0.5) is 11.4 Å². The molecule has 0 aliphatic heterocycles. The van der Waals surface area contributed by atoms with Crippen molar-refractivity contribution in [2.24, 2.45) is 0 Å². The van der Waals surface area contributed by atoms with Crippen LogP contribution < -0.4 is 15.4 Å². The summed E-state index contributed by atoms with van der Waals surface area (Å²) in [6, 6.07) is 5.77. The van der Waals surface area contributed by atoms with Crippen molar-refractivity contribution in [2.45, 2.75) is 32.2 Å². The fraction of sp³-hybridized carbons (Fsp3) is 0.571. The topological polar surface area (TPSA) is 76.4 Å². The Kier molecular flexibility index (Phi) is 5.17. The molecule has 0 spiro atoms. The highest BCUT2D eigenvalue weighted by molar-refractivity contribution is 5.68. The van der Waals surface area contributed by atoms with Gasteiger partial charge in [0.15, 0.2) is 5.75 Å². The summed E-state index contributed by atoms with van der Waals surface area (Å²) in [6.07, 6.45) is 3.29. The van der Waals surface area contributed by atoms with Gasteiger partial charge in [0.25, 0.3) is 0 Å². The molecule has 0 amide bonds. The molecular formula is C14H21N3O3. The maximum atomic E-state index is 11.2. The lowest BCUT2D eigenvalue weighted by molar-refractivity contribution is -0.385. The normalized spacial score (nSPS) is 14.1. The van der Waals surface area contributed by atoms with Gasteiger partial charge in [0, 0.05) is 19.1 Å². The highest BCUT2D eigenvalue weighted by Crippen LogP contribution is 2.34. The fourth-order valence-corrected chi connectivity index (χ4v) is 1.94. The summed E-state index contributed by atoms with van der Waals surface area (Å²) in [5.74, 6) is 0.331. The Bertz CT molecular complexity index is 461. The minimum absolute atomic E-state index is 0.0207. The Hall–Kier alpha value is -1.82. The molecule has 0 radical (unpaired) electrons. The van der Waals surface area contributed by atoms with Gasteiger partial charge in [-0.05, 0) is 31.4 Å². The van der Waals surface area contributed by atoms with Crippen molar-refractivity contribution in [3.8, 4) is 5.75 Å². The van der Waals surface area contributed by atoms with E-state index in [-0.39, 0.29) is 10.6 Å². The van der Waals surface area contributed by atoms with Crippen LogP contribution in [0.15, 0.2) is 18.2 Å². The van der Waals surface area contributed by atoms with Crippen LogP contribution in [0.2, 0.25) is 0 Å². The van der Waals surface area contributed by atoms with Gasteiger partial charge in [0.1, 0.15) is 5.69 Å². The molecule has 2 rings (SSSR count). The van der Waals surface area contributed by atoms with E-state index in [2.05, 4.69) is 10.6 Å². The largest absolute Gasteiger partial charge is 0.487 e. The molecule has 1 aliphatic carbocycles. The molecule has 1 fully saturated rings. The molecule has 0 unspecified atom stereocenters. The second kappa shape index (κ2) is 7.09. The van der Waals surface area contributed by atoms with E-state index in [1.165, 1.54) is 12.8 Å². The number of nitrogens with zero attached hydrogens (tertiary/aromatic N) is 1. The molecule has 110 valence electrons. The van der Waals surface area contributed by atoms with E-state index in [4.69, 9.17) is 4.74 Å². The molecule has 0 saturated heterocycles. The molecular weight excluding hydrogens is 258 g/mol. The summed E-state index contributed by atoms with van der Waals surface area (Å²) in [5, 5.41) is 17.7. The number of para-hydroxylation sites is 1. The van der Waals surface area contributed by atoms with Gasteiger partial charge in [-0.15, -0.1) is 0 Å². The van der Waals surface area contributed by atoms with Crippen LogP contribution in [0.3, 0.4) is 0 Å². The number of hydrogen-bond acceptors (Lipinski definition) is 5. The zero-order chi connectivity index (χ0) is 14.4. The molecule has 1 aromatic rings. The van der Waals surface area contributed by atoms with Gasteiger partial charge in [-0.25, -0.2) is 0 Å². The molecule has 0 heterocycles. The third kappa shape index (κ3) is 4.09. The number of ether oxygens (including phenoxy) is 1. The van der Waals surface area contributed by atoms with Crippen LogP contribution in [0, 0.1) is 10.1 Å². The summed E-state index contributed by atoms with van der Waals surface area (Å²) < 4.78 is 5.45. The van der Waals surface area contributed by atoms with Crippen molar-refractivity contribution in [1.82, 2.24) is 5.32 Å². The van der Waals surface area contributed by atoms with Gasteiger partial charge in [-0.2, -0.15) is 0 Å². The van der Waals surface area contributed by atoms with Crippen LogP contribution in [0.25, 0.3) is 0 Å². The summed E-state index contributed by atoms with van der Waals surface area (Å²) in [4.78, 5) is 10.8. The first-order valence-electron chi connectivity index (χ1n) is 7.09. The molecule has 2 N–H and O–H groups in total. The minimum Gasteiger partial charge on any atom is -0.487 e. The van der Waals surface area contributed by atoms with Crippen molar-refractivity contribution in [3.05, 3.63) is 28.3 Å². The SMILES string of the molecule is CCCOc1cccc(NCCNC2CC2)c1[N+](=O)[O-]. The molecule has 6 nitrogen and oxygen atoms in total. The van der Waals surface area contributed by atoms with E-state index in [0.29, 0.717) is 30.6 Å².